The van der Waals surface area contributed by atoms with Gasteiger partial charge in [-0.15, -0.1) is 0 Å². The van der Waals surface area contributed by atoms with Crippen LogP contribution in [0.5, 0.6) is 0 Å². The fourth-order valence-corrected chi connectivity index (χ4v) is 1.30. The van der Waals surface area contributed by atoms with Crippen molar-refractivity contribution in [3.63, 3.8) is 0 Å². The van der Waals surface area contributed by atoms with Gasteiger partial charge in [0.05, 0.1) is 0 Å². The second-order valence-corrected chi connectivity index (χ2v) is 3.11. The van der Waals surface area contributed by atoms with Crippen LogP contribution in [-0.4, -0.2) is 23.9 Å². The largest absolute Gasteiger partial charge is 0.370 e. The number of hydrogen-bond donors (Lipinski definition) is 1. The number of pyridine rings is 1. The highest BCUT2D eigenvalue weighted by Crippen LogP contribution is 2.07. The SMILES string of the molecule is CCN=C(NCC)c1ccnc(Cl)c1. The lowest BCUT2D eigenvalue weighted by Crippen LogP contribution is -2.24. The third kappa shape index (κ3) is 3.00. The molecule has 1 N–H and O–H groups in total. The van der Waals surface area contributed by atoms with Crippen LogP contribution in [0.3, 0.4) is 0 Å². The molecule has 0 aliphatic heterocycles. The fourth-order valence-electron chi connectivity index (χ4n) is 1.12. The monoisotopic (exact) mass is 211 g/mol. The highest BCUT2D eigenvalue weighted by Gasteiger charge is 2.01. The third-order valence-electron chi connectivity index (χ3n) is 1.66. The molecule has 3 nitrogen and oxygen atoms in total. The summed E-state index contributed by atoms with van der Waals surface area (Å²) < 4.78 is 0. The van der Waals surface area contributed by atoms with Crippen molar-refractivity contribution in [1.29, 1.82) is 0 Å². The van der Waals surface area contributed by atoms with E-state index >= 15 is 0 Å². The van der Waals surface area contributed by atoms with E-state index in [2.05, 4.69) is 15.3 Å². The Hall–Kier alpha value is -1.09. The number of rotatable bonds is 3. The van der Waals surface area contributed by atoms with Crippen molar-refractivity contribution in [3.8, 4) is 0 Å². The molecule has 1 rings (SSSR count). The maximum atomic E-state index is 5.80. The van der Waals surface area contributed by atoms with Crippen molar-refractivity contribution in [2.24, 2.45) is 4.99 Å². The average Bonchev–Trinajstić information content (AvgIpc) is 2.17. The fraction of sp³-hybridized carbons (Fsp3) is 0.400. The molecule has 0 radical (unpaired) electrons. The van der Waals surface area contributed by atoms with Gasteiger partial charge in [-0.05, 0) is 26.0 Å². The van der Waals surface area contributed by atoms with E-state index in [0.29, 0.717) is 5.15 Å². The predicted molar refractivity (Wildman–Crippen MR) is 60.0 cm³/mol. The van der Waals surface area contributed by atoms with Crippen LogP contribution < -0.4 is 5.32 Å². The van der Waals surface area contributed by atoms with Gasteiger partial charge in [-0.1, -0.05) is 11.6 Å². The van der Waals surface area contributed by atoms with Gasteiger partial charge in [0.2, 0.25) is 0 Å². The molecule has 0 aliphatic carbocycles. The molecule has 4 heteroatoms. The maximum Gasteiger partial charge on any atom is 0.129 e. The van der Waals surface area contributed by atoms with Gasteiger partial charge in [0.1, 0.15) is 11.0 Å². The zero-order valence-corrected chi connectivity index (χ0v) is 9.17. The van der Waals surface area contributed by atoms with Gasteiger partial charge in [0.25, 0.3) is 0 Å². The molecule has 14 heavy (non-hydrogen) atoms. The second-order valence-electron chi connectivity index (χ2n) is 2.72. The first kappa shape index (κ1) is 11.0. The summed E-state index contributed by atoms with van der Waals surface area (Å²) in [5, 5.41) is 3.68. The van der Waals surface area contributed by atoms with Crippen molar-refractivity contribution in [2.75, 3.05) is 13.1 Å². The molecule has 0 atom stereocenters. The summed E-state index contributed by atoms with van der Waals surface area (Å²) in [7, 11) is 0. The highest BCUT2D eigenvalue weighted by atomic mass is 35.5. The molecule has 0 spiro atoms. The van der Waals surface area contributed by atoms with Crippen molar-refractivity contribution in [2.45, 2.75) is 13.8 Å². The maximum absolute atomic E-state index is 5.80. The number of halogens is 1. The van der Waals surface area contributed by atoms with E-state index < -0.39 is 0 Å². The molecule has 76 valence electrons. The molecule has 0 unspecified atom stereocenters. The Morgan fingerprint density at radius 1 is 1.57 bits per heavy atom. The summed E-state index contributed by atoms with van der Waals surface area (Å²) in [6, 6.07) is 3.70. The normalized spacial score (nSPS) is 11.5. The molecule has 0 saturated heterocycles. The topological polar surface area (TPSA) is 37.3 Å². The van der Waals surface area contributed by atoms with Crippen molar-refractivity contribution in [1.82, 2.24) is 10.3 Å². The van der Waals surface area contributed by atoms with E-state index in [-0.39, 0.29) is 0 Å². The Morgan fingerprint density at radius 2 is 2.36 bits per heavy atom. The lowest BCUT2D eigenvalue weighted by molar-refractivity contribution is 0.947. The molecular formula is C10H14ClN3. The Labute approximate surface area is 89.2 Å². The number of hydrogen-bond acceptors (Lipinski definition) is 2. The van der Waals surface area contributed by atoms with E-state index in [4.69, 9.17) is 11.6 Å². The summed E-state index contributed by atoms with van der Waals surface area (Å²) in [6.45, 7) is 5.63. The molecule has 0 fully saturated rings. The molecule has 0 amide bonds. The Kier molecular flexibility index (Phi) is 4.40. The van der Waals surface area contributed by atoms with Crippen molar-refractivity contribution in [3.05, 3.63) is 29.0 Å². The quantitative estimate of drug-likeness (QED) is 0.473. The molecule has 0 aromatic carbocycles. The van der Waals surface area contributed by atoms with Crippen LogP contribution in [0, 0.1) is 0 Å². The van der Waals surface area contributed by atoms with Crippen LogP contribution in [-0.2, 0) is 0 Å². The number of nitrogens with zero attached hydrogens (tertiary/aromatic N) is 2. The number of nitrogens with one attached hydrogen (secondary N) is 1. The van der Waals surface area contributed by atoms with Crippen molar-refractivity contribution >= 4 is 17.4 Å². The van der Waals surface area contributed by atoms with Crippen LogP contribution in [0.1, 0.15) is 19.4 Å². The van der Waals surface area contributed by atoms with Crippen molar-refractivity contribution < 1.29 is 0 Å². The van der Waals surface area contributed by atoms with E-state index in [1.165, 1.54) is 0 Å². The summed E-state index contributed by atoms with van der Waals surface area (Å²) in [4.78, 5) is 8.27. The summed E-state index contributed by atoms with van der Waals surface area (Å²) in [5.74, 6) is 0.874. The zero-order chi connectivity index (χ0) is 10.4. The van der Waals surface area contributed by atoms with E-state index in [9.17, 15) is 0 Å². The molecule has 0 bridgehead atoms. The van der Waals surface area contributed by atoms with Gasteiger partial charge in [0.15, 0.2) is 0 Å². The lowest BCUT2D eigenvalue weighted by atomic mass is 10.2. The van der Waals surface area contributed by atoms with Crippen LogP contribution in [0.2, 0.25) is 5.15 Å². The minimum atomic E-state index is 0.490. The smallest absolute Gasteiger partial charge is 0.129 e. The van der Waals surface area contributed by atoms with Gasteiger partial charge in [-0.25, -0.2) is 4.98 Å². The second kappa shape index (κ2) is 5.60. The van der Waals surface area contributed by atoms with E-state index in [0.717, 1.165) is 24.5 Å². The third-order valence-corrected chi connectivity index (χ3v) is 1.87. The average molecular weight is 212 g/mol. The standard InChI is InChI=1S/C10H14ClN3/c1-3-12-10(13-4-2)8-5-6-14-9(11)7-8/h5-7H,3-4H2,1-2H3,(H,12,13). The Bertz CT molecular complexity index is 323. The molecule has 0 aliphatic rings. The number of aromatic nitrogens is 1. The molecular weight excluding hydrogens is 198 g/mol. The summed E-state index contributed by atoms with van der Waals surface area (Å²) in [5.41, 5.74) is 0.980. The van der Waals surface area contributed by atoms with E-state index in [1.54, 1.807) is 12.3 Å². The molecule has 1 aromatic heterocycles. The first-order chi connectivity index (χ1) is 6.77. The van der Waals surface area contributed by atoms with Gasteiger partial charge in [0, 0.05) is 24.8 Å². The molecule has 1 aromatic rings. The number of amidine groups is 1. The molecule has 0 saturated carbocycles. The zero-order valence-electron chi connectivity index (χ0n) is 8.42. The van der Waals surface area contributed by atoms with Gasteiger partial charge < -0.3 is 5.32 Å². The Balaban J connectivity index is 2.93. The van der Waals surface area contributed by atoms with Gasteiger partial charge in [-0.3, -0.25) is 4.99 Å². The number of aliphatic imine (C=N–C) groups is 1. The van der Waals surface area contributed by atoms with E-state index in [1.807, 2.05) is 19.9 Å². The van der Waals surface area contributed by atoms with Crippen LogP contribution in [0.25, 0.3) is 0 Å². The minimum absolute atomic E-state index is 0.490. The first-order valence-corrected chi connectivity index (χ1v) is 5.06. The first-order valence-electron chi connectivity index (χ1n) is 4.68. The summed E-state index contributed by atoms with van der Waals surface area (Å²) in [6.07, 6.45) is 1.68. The van der Waals surface area contributed by atoms with Gasteiger partial charge in [-0.2, -0.15) is 0 Å². The Morgan fingerprint density at radius 3 is 2.93 bits per heavy atom. The van der Waals surface area contributed by atoms with Crippen LogP contribution in [0.4, 0.5) is 0 Å². The summed E-state index contributed by atoms with van der Waals surface area (Å²) >= 11 is 5.80. The highest BCUT2D eigenvalue weighted by molar-refractivity contribution is 6.29. The van der Waals surface area contributed by atoms with Gasteiger partial charge >= 0.3 is 0 Å². The predicted octanol–water partition coefficient (Wildman–Crippen LogP) is 2.11. The van der Waals surface area contributed by atoms with Crippen LogP contribution in [0.15, 0.2) is 23.3 Å². The molecule has 1 heterocycles. The minimum Gasteiger partial charge on any atom is -0.370 e. The van der Waals surface area contributed by atoms with Crippen LogP contribution >= 0.6 is 11.6 Å². The lowest BCUT2D eigenvalue weighted by Gasteiger charge is -2.07.